The van der Waals surface area contributed by atoms with E-state index in [1.807, 2.05) is 32.0 Å². The molecule has 0 aliphatic carbocycles. The molecule has 5 nitrogen and oxygen atoms in total. The number of hydrogen-bond acceptors (Lipinski definition) is 3. The summed E-state index contributed by atoms with van der Waals surface area (Å²) in [6.07, 6.45) is 1.71. The van der Waals surface area contributed by atoms with E-state index in [-0.39, 0.29) is 5.91 Å². The minimum Gasteiger partial charge on any atom is -0.322 e. The molecule has 0 saturated carbocycles. The number of rotatable bonds is 3. The SMILES string of the molecule is Cc1cc(C)cc(NC(=O)c2cccn3c(-c4ccccc4F)nnc23)c1. The molecule has 0 atom stereocenters. The van der Waals surface area contributed by atoms with Crippen molar-refractivity contribution in [3.63, 3.8) is 0 Å². The topological polar surface area (TPSA) is 59.3 Å². The molecule has 1 amide bonds. The molecule has 0 aliphatic heterocycles. The number of amides is 1. The third-order valence-corrected chi connectivity index (χ3v) is 4.27. The van der Waals surface area contributed by atoms with Crippen molar-refractivity contribution in [1.29, 1.82) is 0 Å². The maximum atomic E-state index is 14.1. The Morgan fingerprint density at radius 2 is 1.74 bits per heavy atom. The average Bonchev–Trinajstić information content (AvgIpc) is 3.05. The zero-order chi connectivity index (χ0) is 19.0. The molecule has 0 bridgehead atoms. The fourth-order valence-electron chi connectivity index (χ4n) is 3.16. The first kappa shape index (κ1) is 16.9. The van der Waals surface area contributed by atoms with Crippen LogP contribution in [0.2, 0.25) is 0 Å². The summed E-state index contributed by atoms with van der Waals surface area (Å²) in [6.45, 7) is 3.95. The lowest BCUT2D eigenvalue weighted by atomic mass is 10.1. The Morgan fingerprint density at radius 1 is 1.00 bits per heavy atom. The van der Waals surface area contributed by atoms with Gasteiger partial charge in [0.15, 0.2) is 11.5 Å². The Morgan fingerprint density at radius 3 is 2.48 bits per heavy atom. The van der Waals surface area contributed by atoms with Gasteiger partial charge in [0.2, 0.25) is 0 Å². The summed E-state index contributed by atoms with van der Waals surface area (Å²) in [4.78, 5) is 12.8. The second-order valence-electron chi connectivity index (χ2n) is 6.45. The Balaban J connectivity index is 1.75. The van der Waals surface area contributed by atoms with Crippen molar-refractivity contribution in [2.24, 2.45) is 0 Å². The van der Waals surface area contributed by atoms with Crippen LogP contribution in [-0.2, 0) is 0 Å². The summed E-state index contributed by atoms with van der Waals surface area (Å²) in [6, 6.07) is 15.6. The van der Waals surface area contributed by atoms with E-state index in [1.165, 1.54) is 6.07 Å². The minimum atomic E-state index is -0.392. The molecular weight excluding hydrogens is 343 g/mol. The molecule has 27 heavy (non-hydrogen) atoms. The molecule has 2 aromatic carbocycles. The lowest BCUT2D eigenvalue weighted by Gasteiger charge is -2.08. The number of fused-ring (bicyclic) bond motifs is 1. The number of hydrogen-bond donors (Lipinski definition) is 1. The van der Waals surface area contributed by atoms with Crippen LogP contribution in [0.1, 0.15) is 21.5 Å². The number of carbonyl (C=O) groups is 1. The molecule has 134 valence electrons. The van der Waals surface area contributed by atoms with E-state index in [0.29, 0.717) is 28.3 Å². The third kappa shape index (κ3) is 3.17. The lowest BCUT2D eigenvalue weighted by Crippen LogP contribution is -2.13. The number of anilines is 1. The maximum absolute atomic E-state index is 14.1. The zero-order valence-electron chi connectivity index (χ0n) is 14.9. The fourth-order valence-corrected chi connectivity index (χ4v) is 3.16. The number of aromatic nitrogens is 3. The van der Waals surface area contributed by atoms with Gasteiger partial charge in [-0.05, 0) is 61.4 Å². The van der Waals surface area contributed by atoms with Crippen molar-refractivity contribution in [1.82, 2.24) is 14.6 Å². The van der Waals surface area contributed by atoms with Crippen LogP contribution in [0.4, 0.5) is 10.1 Å². The predicted molar refractivity (Wildman–Crippen MR) is 102 cm³/mol. The van der Waals surface area contributed by atoms with E-state index in [0.717, 1.165) is 11.1 Å². The fraction of sp³-hybridized carbons (Fsp3) is 0.0952. The van der Waals surface area contributed by atoms with Gasteiger partial charge in [-0.1, -0.05) is 18.2 Å². The summed E-state index contributed by atoms with van der Waals surface area (Å²) >= 11 is 0. The van der Waals surface area contributed by atoms with E-state index in [2.05, 4.69) is 15.5 Å². The minimum absolute atomic E-state index is 0.293. The van der Waals surface area contributed by atoms with Gasteiger partial charge in [0.25, 0.3) is 5.91 Å². The number of aryl methyl sites for hydroxylation is 2. The van der Waals surface area contributed by atoms with Crippen molar-refractivity contribution in [3.8, 4) is 11.4 Å². The monoisotopic (exact) mass is 360 g/mol. The van der Waals surface area contributed by atoms with E-state index >= 15 is 0 Å². The standard InChI is InChI=1S/C21H17FN4O/c1-13-10-14(2)12-15(11-13)23-21(27)17-7-5-9-26-19(24-25-20(17)26)16-6-3-4-8-18(16)22/h3-12H,1-2H3,(H,23,27). The van der Waals surface area contributed by atoms with Gasteiger partial charge < -0.3 is 5.32 Å². The highest BCUT2D eigenvalue weighted by atomic mass is 19.1. The summed E-state index contributed by atoms with van der Waals surface area (Å²) in [5.41, 5.74) is 3.91. The Labute approximate surface area is 155 Å². The number of carbonyl (C=O) groups excluding carboxylic acids is 1. The van der Waals surface area contributed by atoms with Gasteiger partial charge >= 0.3 is 0 Å². The van der Waals surface area contributed by atoms with Gasteiger partial charge in [0.05, 0.1) is 11.1 Å². The van der Waals surface area contributed by atoms with Gasteiger partial charge in [-0.3, -0.25) is 9.20 Å². The van der Waals surface area contributed by atoms with Gasteiger partial charge in [-0.2, -0.15) is 0 Å². The summed E-state index contributed by atoms with van der Waals surface area (Å²) in [5.74, 6) is -0.334. The highest BCUT2D eigenvalue weighted by Gasteiger charge is 2.17. The van der Waals surface area contributed by atoms with Gasteiger partial charge in [-0.15, -0.1) is 10.2 Å². The van der Waals surface area contributed by atoms with Crippen LogP contribution in [0.25, 0.3) is 17.0 Å². The smallest absolute Gasteiger partial charge is 0.259 e. The molecule has 4 rings (SSSR count). The highest BCUT2D eigenvalue weighted by molar-refractivity contribution is 6.08. The molecule has 0 spiro atoms. The molecule has 0 radical (unpaired) electrons. The van der Waals surface area contributed by atoms with Crippen LogP contribution in [0, 0.1) is 19.7 Å². The van der Waals surface area contributed by atoms with Crippen LogP contribution in [0.3, 0.4) is 0 Å². The largest absolute Gasteiger partial charge is 0.322 e. The lowest BCUT2D eigenvalue weighted by molar-refractivity contribution is 0.102. The van der Waals surface area contributed by atoms with Crippen LogP contribution < -0.4 is 5.32 Å². The zero-order valence-corrected chi connectivity index (χ0v) is 14.9. The molecule has 2 heterocycles. The van der Waals surface area contributed by atoms with E-state index in [1.54, 1.807) is 40.9 Å². The average molecular weight is 360 g/mol. The molecule has 6 heteroatoms. The summed E-state index contributed by atoms with van der Waals surface area (Å²) < 4.78 is 15.8. The Hall–Kier alpha value is -3.54. The van der Waals surface area contributed by atoms with Crippen LogP contribution in [0.5, 0.6) is 0 Å². The quantitative estimate of drug-likeness (QED) is 0.589. The van der Waals surface area contributed by atoms with Crippen molar-refractivity contribution in [2.45, 2.75) is 13.8 Å². The van der Waals surface area contributed by atoms with Gasteiger partial charge in [0, 0.05) is 11.9 Å². The number of nitrogens with one attached hydrogen (secondary N) is 1. The van der Waals surface area contributed by atoms with E-state index in [9.17, 15) is 9.18 Å². The Bertz CT molecular complexity index is 1150. The molecule has 4 aromatic rings. The summed E-state index contributed by atoms with van der Waals surface area (Å²) in [7, 11) is 0. The summed E-state index contributed by atoms with van der Waals surface area (Å²) in [5, 5.41) is 11.1. The molecular formula is C21H17FN4O. The van der Waals surface area contributed by atoms with Crippen molar-refractivity contribution in [2.75, 3.05) is 5.32 Å². The van der Waals surface area contributed by atoms with Crippen LogP contribution in [0.15, 0.2) is 60.8 Å². The molecule has 2 aromatic heterocycles. The van der Waals surface area contributed by atoms with Gasteiger partial charge in [0.1, 0.15) is 5.82 Å². The van der Waals surface area contributed by atoms with Crippen molar-refractivity contribution < 1.29 is 9.18 Å². The molecule has 1 N–H and O–H groups in total. The number of benzene rings is 2. The molecule has 0 unspecified atom stereocenters. The van der Waals surface area contributed by atoms with Crippen LogP contribution >= 0.6 is 0 Å². The number of halogens is 1. The first-order valence-corrected chi connectivity index (χ1v) is 8.51. The predicted octanol–water partition coefficient (Wildman–Crippen LogP) is 4.40. The number of pyridine rings is 1. The highest BCUT2D eigenvalue weighted by Crippen LogP contribution is 2.23. The third-order valence-electron chi connectivity index (χ3n) is 4.27. The normalized spacial score (nSPS) is 10.9. The molecule has 0 aliphatic rings. The van der Waals surface area contributed by atoms with E-state index < -0.39 is 5.82 Å². The second-order valence-corrected chi connectivity index (χ2v) is 6.45. The second kappa shape index (κ2) is 6.64. The molecule has 0 fully saturated rings. The number of nitrogens with zero attached hydrogens (tertiary/aromatic N) is 3. The molecule has 0 saturated heterocycles. The first-order chi connectivity index (χ1) is 13.0. The maximum Gasteiger partial charge on any atom is 0.259 e. The van der Waals surface area contributed by atoms with Crippen molar-refractivity contribution in [3.05, 3.63) is 83.3 Å². The first-order valence-electron chi connectivity index (χ1n) is 8.51. The van der Waals surface area contributed by atoms with Crippen LogP contribution in [-0.4, -0.2) is 20.5 Å². The van der Waals surface area contributed by atoms with Gasteiger partial charge in [-0.25, -0.2) is 4.39 Å². The van der Waals surface area contributed by atoms with Crippen molar-refractivity contribution >= 4 is 17.2 Å². The van der Waals surface area contributed by atoms with E-state index in [4.69, 9.17) is 0 Å². The Kier molecular flexibility index (Phi) is 4.16.